The van der Waals surface area contributed by atoms with E-state index in [0.29, 0.717) is 5.92 Å². The largest absolute Gasteiger partial charge is 0.497 e. The minimum Gasteiger partial charge on any atom is -0.497 e. The fourth-order valence-corrected chi connectivity index (χ4v) is 2.50. The summed E-state index contributed by atoms with van der Waals surface area (Å²) in [4.78, 5) is 12.5. The predicted octanol–water partition coefficient (Wildman–Crippen LogP) is 4.65. The van der Waals surface area contributed by atoms with Crippen LogP contribution in [0.1, 0.15) is 38.7 Å². The number of methoxy groups -OCH3 is 1. The highest BCUT2D eigenvalue weighted by molar-refractivity contribution is 5.96. The molecular weight excluding hydrogens is 300 g/mol. The molecule has 0 bridgehead atoms. The Labute approximate surface area is 144 Å². The molecule has 128 valence electrons. The summed E-state index contributed by atoms with van der Waals surface area (Å²) in [7, 11) is 1.63. The second-order valence-corrected chi connectivity index (χ2v) is 5.98. The minimum atomic E-state index is -0.344. The lowest BCUT2D eigenvalue weighted by atomic mass is 9.97. The van der Waals surface area contributed by atoms with Crippen molar-refractivity contribution in [1.82, 2.24) is 0 Å². The van der Waals surface area contributed by atoms with E-state index in [4.69, 9.17) is 4.74 Å². The molecular formula is C20H26N2O2. The summed E-state index contributed by atoms with van der Waals surface area (Å²) in [6, 6.07) is 15.2. The Morgan fingerprint density at radius 2 is 1.75 bits per heavy atom. The van der Waals surface area contributed by atoms with E-state index in [9.17, 15) is 4.79 Å². The zero-order valence-corrected chi connectivity index (χ0v) is 14.8. The van der Waals surface area contributed by atoms with Crippen LogP contribution in [-0.4, -0.2) is 19.1 Å². The summed E-state index contributed by atoms with van der Waals surface area (Å²) < 4.78 is 5.14. The van der Waals surface area contributed by atoms with Gasteiger partial charge in [0.2, 0.25) is 5.91 Å². The summed E-state index contributed by atoms with van der Waals surface area (Å²) in [6.07, 6.45) is 1.03. The standard InChI is InChI=1S/C20H26N2O2/c1-5-14(2)18-8-6-7-9-19(18)22-20(23)15(3)21-16-10-12-17(24-4)13-11-16/h6-15,21H,5H2,1-4H3,(H,22,23). The van der Waals surface area contributed by atoms with E-state index >= 15 is 0 Å². The van der Waals surface area contributed by atoms with Crippen molar-refractivity contribution in [3.63, 3.8) is 0 Å². The van der Waals surface area contributed by atoms with E-state index < -0.39 is 0 Å². The molecule has 4 nitrogen and oxygen atoms in total. The maximum atomic E-state index is 12.5. The van der Waals surface area contributed by atoms with Gasteiger partial charge < -0.3 is 15.4 Å². The van der Waals surface area contributed by atoms with E-state index in [2.05, 4.69) is 30.5 Å². The molecule has 2 aromatic carbocycles. The highest BCUT2D eigenvalue weighted by Gasteiger charge is 2.16. The van der Waals surface area contributed by atoms with Gasteiger partial charge in [-0.05, 0) is 55.2 Å². The topological polar surface area (TPSA) is 50.4 Å². The third-order valence-corrected chi connectivity index (χ3v) is 4.23. The maximum absolute atomic E-state index is 12.5. The van der Waals surface area contributed by atoms with Crippen LogP contribution in [0.2, 0.25) is 0 Å². The smallest absolute Gasteiger partial charge is 0.246 e. The lowest BCUT2D eigenvalue weighted by Gasteiger charge is -2.19. The van der Waals surface area contributed by atoms with Gasteiger partial charge in [0.15, 0.2) is 0 Å². The van der Waals surface area contributed by atoms with Crippen LogP contribution in [0.25, 0.3) is 0 Å². The maximum Gasteiger partial charge on any atom is 0.246 e. The van der Waals surface area contributed by atoms with Crippen LogP contribution >= 0.6 is 0 Å². The second-order valence-electron chi connectivity index (χ2n) is 5.98. The van der Waals surface area contributed by atoms with E-state index in [0.717, 1.165) is 23.5 Å². The molecule has 0 radical (unpaired) electrons. The lowest BCUT2D eigenvalue weighted by Crippen LogP contribution is -2.32. The summed E-state index contributed by atoms with van der Waals surface area (Å²) in [6.45, 7) is 6.17. The molecule has 4 heteroatoms. The van der Waals surface area contributed by atoms with Crippen molar-refractivity contribution in [1.29, 1.82) is 0 Å². The molecule has 1 amide bonds. The number of amides is 1. The Morgan fingerprint density at radius 3 is 2.38 bits per heavy atom. The molecule has 0 aliphatic rings. The van der Waals surface area contributed by atoms with Gasteiger partial charge in [-0.1, -0.05) is 32.0 Å². The molecule has 0 fully saturated rings. The van der Waals surface area contributed by atoms with E-state index in [-0.39, 0.29) is 11.9 Å². The number of carbonyl (C=O) groups excluding carboxylic acids is 1. The van der Waals surface area contributed by atoms with Crippen molar-refractivity contribution in [2.45, 2.75) is 39.2 Å². The summed E-state index contributed by atoms with van der Waals surface area (Å²) in [5.41, 5.74) is 2.94. The van der Waals surface area contributed by atoms with E-state index in [1.165, 1.54) is 5.56 Å². The minimum absolute atomic E-state index is 0.0541. The molecule has 2 rings (SSSR count). The molecule has 2 atom stereocenters. The molecule has 0 aliphatic carbocycles. The molecule has 2 aromatic rings. The number of hydrogen-bond acceptors (Lipinski definition) is 3. The van der Waals surface area contributed by atoms with E-state index in [1.54, 1.807) is 7.11 Å². The fourth-order valence-electron chi connectivity index (χ4n) is 2.50. The monoisotopic (exact) mass is 326 g/mol. The first-order chi connectivity index (χ1) is 11.5. The summed E-state index contributed by atoms with van der Waals surface area (Å²) in [5.74, 6) is 1.15. The van der Waals surface area contributed by atoms with Gasteiger partial charge >= 0.3 is 0 Å². The van der Waals surface area contributed by atoms with Gasteiger partial charge in [-0.25, -0.2) is 0 Å². The molecule has 0 heterocycles. The van der Waals surface area contributed by atoms with Crippen LogP contribution in [-0.2, 0) is 4.79 Å². The van der Waals surface area contributed by atoms with Crippen LogP contribution in [0.4, 0.5) is 11.4 Å². The predicted molar refractivity (Wildman–Crippen MR) is 99.9 cm³/mol. The Morgan fingerprint density at radius 1 is 1.08 bits per heavy atom. The average Bonchev–Trinajstić information content (AvgIpc) is 2.62. The van der Waals surface area contributed by atoms with Gasteiger partial charge in [0.05, 0.1) is 7.11 Å². The first-order valence-corrected chi connectivity index (χ1v) is 8.35. The van der Waals surface area contributed by atoms with Crippen molar-refractivity contribution < 1.29 is 9.53 Å². The van der Waals surface area contributed by atoms with Gasteiger partial charge in [0.25, 0.3) is 0 Å². The first-order valence-electron chi connectivity index (χ1n) is 8.35. The number of anilines is 2. The number of para-hydroxylation sites is 1. The molecule has 0 saturated heterocycles. The van der Waals surface area contributed by atoms with Gasteiger partial charge in [0, 0.05) is 11.4 Å². The van der Waals surface area contributed by atoms with Crippen LogP contribution in [0.5, 0.6) is 5.75 Å². The van der Waals surface area contributed by atoms with Crippen LogP contribution < -0.4 is 15.4 Å². The highest BCUT2D eigenvalue weighted by atomic mass is 16.5. The quantitative estimate of drug-likeness (QED) is 0.779. The van der Waals surface area contributed by atoms with E-state index in [1.807, 2.05) is 49.4 Å². The lowest BCUT2D eigenvalue weighted by molar-refractivity contribution is -0.116. The Balaban J connectivity index is 2.03. The summed E-state index contributed by atoms with van der Waals surface area (Å²) in [5, 5.41) is 6.25. The van der Waals surface area contributed by atoms with Crippen molar-refractivity contribution in [2.24, 2.45) is 0 Å². The second kappa shape index (κ2) is 8.39. The zero-order chi connectivity index (χ0) is 17.5. The molecule has 0 saturated carbocycles. The first kappa shape index (κ1) is 17.9. The van der Waals surface area contributed by atoms with Gasteiger partial charge in [-0.2, -0.15) is 0 Å². The van der Waals surface area contributed by atoms with Crippen molar-refractivity contribution in [2.75, 3.05) is 17.7 Å². The number of hydrogen-bond donors (Lipinski definition) is 2. The van der Waals surface area contributed by atoms with Gasteiger partial charge in [-0.15, -0.1) is 0 Å². The van der Waals surface area contributed by atoms with Crippen LogP contribution in [0.3, 0.4) is 0 Å². The normalized spacial score (nSPS) is 13.0. The third kappa shape index (κ3) is 4.51. The molecule has 2 unspecified atom stereocenters. The number of benzene rings is 2. The van der Waals surface area contributed by atoms with Crippen molar-refractivity contribution >= 4 is 17.3 Å². The molecule has 0 spiro atoms. The van der Waals surface area contributed by atoms with Gasteiger partial charge in [-0.3, -0.25) is 4.79 Å². The fraction of sp³-hybridized carbons (Fsp3) is 0.350. The Kier molecular flexibility index (Phi) is 6.24. The van der Waals surface area contributed by atoms with Crippen LogP contribution in [0, 0.1) is 0 Å². The number of carbonyl (C=O) groups is 1. The average molecular weight is 326 g/mol. The number of nitrogens with one attached hydrogen (secondary N) is 2. The Bertz CT molecular complexity index is 668. The van der Waals surface area contributed by atoms with Crippen molar-refractivity contribution in [3.8, 4) is 5.75 Å². The van der Waals surface area contributed by atoms with Crippen molar-refractivity contribution in [3.05, 3.63) is 54.1 Å². The highest BCUT2D eigenvalue weighted by Crippen LogP contribution is 2.26. The van der Waals surface area contributed by atoms with Crippen LogP contribution in [0.15, 0.2) is 48.5 Å². The zero-order valence-electron chi connectivity index (χ0n) is 14.8. The Hall–Kier alpha value is -2.49. The molecule has 0 aliphatic heterocycles. The summed E-state index contributed by atoms with van der Waals surface area (Å²) >= 11 is 0. The van der Waals surface area contributed by atoms with Gasteiger partial charge in [0.1, 0.15) is 11.8 Å². The number of ether oxygens (including phenoxy) is 1. The number of rotatable bonds is 7. The molecule has 0 aromatic heterocycles. The SMILES string of the molecule is CCC(C)c1ccccc1NC(=O)C(C)Nc1ccc(OC)cc1. The molecule has 24 heavy (non-hydrogen) atoms. The molecule has 2 N–H and O–H groups in total. The third-order valence-electron chi connectivity index (χ3n) is 4.23.